The summed E-state index contributed by atoms with van der Waals surface area (Å²) in [6, 6.07) is 0. The first-order chi connectivity index (χ1) is 17.5. The van der Waals surface area contributed by atoms with Gasteiger partial charge in [-0.2, -0.15) is 0 Å². The summed E-state index contributed by atoms with van der Waals surface area (Å²) >= 11 is 0. The van der Waals surface area contributed by atoms with Crippen molar-refractivity contribution < 1.29 is 15.0 Å². The monoisotopic (exact) mass is 519 g/mol. The Morgan fingerprint density at radius 3 is 1.25 bits per heavy atom. The van der Waals surface area contributed by atoms with Gasteiger partial charge in [0.25, 0.3) is 0 Å². The number of hydrogen-bond acceptors (Lipinski definition) is 3. The van der Waals surface area contributed by atoms with E-state index < -0.39 is 0 Å². The fraction of sp³-hybridized carbons (Fsp3) is 0.909. The Balaban J connectivity index is -0.0000000941. The lowest BCUT2D eigenvalue weighted by molar-refractivity contribution is -0.121. The summed E-state index contributed by atoms with van der Waals surface area (Å²) in [5.41, 5.74) is 0.909. The first-order valence-corrected chi connectivity index (χ1v) is 16.1. The molecule has 2 aliphatic rings. The summed E-state index contributed by atoms with van der Waals surface area (Å²) < 4.78 is 0. The van der Waals surface area contributed by atoms with E-state index in [0.717, 1.165) is 37.7 Å². The van der Waals surface area contributed by atoms with Crippen molar-refractivity contribution in [3.8, 4) is 0 Å². The first kappa shape index (κ1) is 48.4. The second kappa shape index (κ2) is 47.5. The van der Waals surface area contributed by atoms with Gasteiger partial charge in [-0.3, -0.25) is 4.79 Å². The van der Waals surface area contributed by atoms with Crippen LogP contribution in [-0.4, -0.2) is 28.2 Å². The Hall–Kier alpha value is -0.670. The van der Waals surface area contributed by atoms with E-state index in [1.807, 2.05) is 75.3 Å². The molecule has 0 bridgehead atoms. The second-order valence-corrected chi connectivity index (χ2v) is 7.73. The predicted molar refractivity (Wildman–Crippen MR) is 168 cm³/mol. The van der Waals surface area contributed by atoms with E-state index in [1.54, 1.807) is 0 Å². The molecule has 1 unspecified atom stereocenters. The van der Waals surface area contributed by atoms with Crippen LogP contribution in [0.3, 0.4) is 0 Å². The van der Waals surface area contributed by atoms with Crippen molar-refractivity contribution in [2.75, 3.05) is 0 Å². The highest BCUT2D eigenvalue weighted by molar-refractivity contribution is 5.97. The number of aliphatic hydroxyl groups is 2. The number of unbranched alkanes of at least 4 members (excludes halogenated alkanes) is 4. The highest BCUT2D eigenvalue weighted by Crippen LogP contribution is 2.30. The Labute approximate surface area is 231 Å². The Kier molecular flexibility index (Phi) is 63.9. The van der Waals surface area contributed by atoms with Gasteiger partial charge in [-0.25, -0.2) is 0 Å². The number of Topliss-reactive ketones (excluding diaryl/α,β-unsaturated/α-hetero) is 1. The molecule has 2 N–H and O–H groups in total. The number of carbonyl (C=O) groups excluding carboxylic acids is 1. The van der Waals surface area contributed by atoms with Crippen LogP contribution in [0, 0.1) is 5.92 Å². The summed E-state index contributed by atoms with van der Waals surface area (Å²) in [6.45, 7) is 28.8. The van der Waals surface area contributed by atoms with Crippen LogP contribution in [0.25, 0.3) is 0 Å². The lowest BCUT2D eigenvalue weighted by Crippen LogP contribution is -2.26. The molecular formula is C33H74O3. The van der Waals surface area contributed by atoms with Crippen LogP contribution in [0.4, 0.5) is 0 Å². The van der Waals surface area contributed by atoms with Crippen LogP contribution in [0.5, 0.6) is 0 Å². The van der Waals surface area contributed by atoms with Crippen molar-refractivity contribution >= 4 is 5.78 Å². The van der Waals surface area contributed by atoms with Crippen LogP contribution in [0.1, 0.15) is 180 Å². The third-order valence-electron chi connectivity index (χ3n) is 5.18. The van der Waals surface area contributed by atoms with Crippen molar-refractivity contribution in [3.05, 3.63) is 11.6 Å². The van der Waals surface area contributed by atoms with Crippen molar-refractivity contribution in [3.63, 3.8) is 0 Å². The minimum Gasteiger partial charge on any atom is -0.393 e. The SMILES string of the molecule is CC.CC.CC.CC.CC.CCCCC.CCCCC.O=C(C1=CCC(O)CC1)C1CCC(O)CC1. The maximum Gasteiger partial charge on any atom is 0.161 e. The Morgan fingerprint density at radius 1 is 0.639 bits per heavy atom. The molecule has 0 aliphatic heterocycles. The summed E-state index contributed by atoms with van der Waals surface area (Å²) in [5.74, 6) is 0.378. The van der Waals surface area contributed by atoms with Crippen molar-refractivity contribution in [1.29, 1.82) is 0 Å². The lowest BCUT2D eigenvalue weighted by Gasteiger charge is -2.26. The normalized spacial score (nSPS) is 19.0. The zero-order valence-corrected chi connectivity index (χ0v) is 27.8. The predicted octanol–water partition coefficient (Wildman–Crippen LogP) is 11.1. The average Bonchev–Trinajstić information content (AvgIpc) is 2.96. The number of aliphatic hydroxyl groups excluding tert-OH is 2. The third kappa shape index (κ3) is 35.5. The van der Waals surface area contributed by atoms with E-state index in [4.69, 9.17) is 0 Å². The van der Waals surface area contributed by atoms with Crippen LogP contribution in [0.2, 0.25) is 0 Å². The van der Waals surface area contributed by atoms with Gasteiger partial charge in [-0.15, -0.1) is 0 Å². The summed E-state index contributed by atoms with van der Waals surface area (Å²) in [4.78, 5) is 12.1. The van der Waals surface area contributed by atoms with Gasteiger partial charge in [0.15, 0.2) is 5.78 Å². The van der Waals surface area contributed by atoms with Gasteiger partial charge in [-0.1, -0.05) is 142 Å². The van der Waals surface area contributed by atoms with Crippen molar-refractivity contribution in [2.24, 2.45) is 5.92 Å². The fourth-order valence-electron chi connectivity index (χ4n) is 3.35. The highest BCUT2D eigenvalue weighted by Gasteiger charge is 2.28. The molecule has 0 aromatic carbocycles. The van der Waals surface area contributed by atoms with Gasteiger partial charge in [0.05, 0.1) is 12.2 Å². The van der Waals surface area contributed by atoms with E-state index in [2.05, 4.69) is 27.7 Å². The molecule has 0 amide bonds. The number of rotatable bonds is 6. The molecule has 0 heterocycles. The molecule has 1 fully saturated rings. The number of allylic oxidation sites excluding steroid dienone is 1. The molecule has 2 rings (SSSR count). The number of carbonyl (C=O) groups is 1. The van der Waals surface area contributed by atoms with E-state index in [1.165, 1.54) is 38.5 Å². The number of ketones is 1. The smallest absolute Gasteiger partial charge is 0.161 e. The van der Waals surface area contributed by atoms with E-state index >= 15 is 0 Å². The fourth-order valence-corrected chi connectivity index (χ4v) is 3.35. The molecule has 0 aromatic heterocycles. The van der Waals surface area contributed by atoms with Gasteiger partial charge in [-0.05, 0) is 50.5 Å². The highest BCUT2D eigenvalue weighted by atomic mass is 16.3. The molecule has 3 nitrogen and oxygen atoms in total. The molecule has 3 heteroatoms. The van der Waals surface area contributed by atoms with Crippen LogP contribution >= 0.6 is 0 Å². The first-order valence-electron chi connectivity index (χ1n) is 16.1. The molecular weight excluding hydrogens is 444 g/mol. The molecule has 224 valence electrons. The third-order valence-corrected chi connectivity index (χ3v) is 5.18. The molecule has 2 aliphatic carbocycles. The molecule has 0 radical (unpaired) electrons. The molecule has 0 saturated heterocycles. The average molecular weight is 519 g/mol. The summed E-state index contributed by atoms with van der Waals surface area (Å²) in [6.07, 6.45) is 14.8. The van der Waals surface area contributed by atoms with Crippen LogP contribution < -0.4 is 0 Å². The maximum atomic E-state index is 12.1. The molecule has 1 atom stereocenters. The van der Waals surface area contributed by atoms with Crippen molar-refractivity contribution in [1.82, 2.24) is 0 Å². The van der Waals surface area contributed by atoms with Gasteiger partial charge >= 0.3 is 0 Å². The zero-order chi connectivity index (χ0) is 29.8. The largest absolute Gasteiger partial charge is 0.393 e. The summed E-state index contributed by atoms with van der Waals surface area (Å²) in [5, 5.41) is 18.8. The van der Waals surface area contributed by atoms with E-state index in [-0.39, 0.29) is 23.9 Å². The molecule has 0 spiro atoms. The second-order valence-electron chi connectivity index (χ2n) is 7.73. The zero-order valence-electron chi connectivity index (χ0n) is 27.8. The standard InChI is InChI=1S/C13H20O3.2C5H12.5C2H6/c14-11-5-1-9(2-6-11)13(16)10-3-7-12(15)8-4-10;2*1-3-5-4-2;5*1-2/h1,10-12,14-15H,2-8H2;2*3-5H2,1-2H3;5*1-2H3. The Morgan fingerprint density at radius 2 is 1.00 bits per heavy atom. The van der Waals surface area contributed by atoms with Crippen molar-refractivity contribution in [2.45, 2.75) is 193 Å². The molecule has 36 heavy (non-hydrogen) atoms. The quantitative estimate of drug-likeness (QED) is 0.367. The maximum absolute atomic E-state index is 12.1. The van der Waals surface area contributed by atoms with Gasteiger partial charge in [0.2, 0.25) is 0 Å². The molecule has 1 saturated carbocycles. The van der Waals surface area contributed by atoms with Gasteiger partial charge in [0.1, 0.15) is 0 Å². The summed E-state index contributed by atoms with van der Waals surface area (Å²) in [7, 11) is 0. The van der Waals surface area contributed by atoms with Crippen LogP contribution in [-0.2, 0) is 4.79 Å². The minimum absolute atomic E-state index is 0.116. The van der Waals surface area contributed by atoms with E-state index in [9.17, 15) is 15.0 Å². The van der Waals surface area contributed by atoms with Gasteiger partial charge in [0, 0.05) is 5.92 Å². The Bertz CT molecular complexity index is 359. The van der Waals surface area contributed by atoms with Crippen LogP contribution in [0.15, 0.2) is 11.6 Å². The molecule has 0 aromatic rings. The lowest BCUT2D eigenvalue weighted by atomic mass is 9.80. The minimum atomic E-state index is -0.260. The number of hydrogen-bond donors (Lipinski definition) is 2. The van der Waals surface area contributed by atoms with Gasteiger partial charge < -0.3 is 10.2 Å². The topological polar surface area (TPSA) is 57.5 Å². The van der Waals surface area contributed by atoms with E-state index in [0.29, 0.717) is 12.8 Å².